The van der Waals surface area contributed by atoms with Crippen LogP contribution in [0.15, 0.2) is 77.7 Å². The summed E-state index contributed by atoms with van der Waals surface area (Å²) in [6, 6.07) is 16.6. The topological polar surface area (TPSA) is 105 Å². The summed E-state index contributed by atoms with van der Waals surface area (Å²) >= 11 is 0. The minimum atomic E-state index is -4.29. The second kappa shape index (κ2) is 14.7. The van der Waals surface area contributed by atoms with E-state index in [1.807, 2.05) is 20.8 Å². The fourth-order valence-electron chi connectivity index (χ4n) is 4.11. The molecule has 0 fully saturated rings. The minimum Gasteiger partial charge on any atom is -0.497 e. The zero-order valence-electron chi connectivity index (χ0n) is 24.5. The Morgan fingerprint density at radius 1 is 0.905 bits per heavy atom. The molecule has 0 saturated carbocycles. The molecule has 11 heteroatoms. The first-order chi connectivity index (χ1) is 20.0. The molecular weight excluding hydrogens is 561 g/mol. The van der Waals surface area contributed by atoms with Crippen LogP contribution < -0.4 is 19.1 Å². The van der Waals surface area contributed by atoms with E-state index in [9.17, 15) is 22.4 Å². The van der Waals surface area contributed by atoms with Gasteiger partial charge in [0.05, 0.1) is 24.3 Å². The Morgan fingerprint density at radius 2 is 1.50 bits per heavy atom. The SMILES string of the molecule is CCOc1ccc(S(=O)(=O)N(CC(=O)N(Cc2ccc(OC)cc2)[C@@H](C)C(=O)N[C@@H](C)CC)c2ccc(F)cc2)cc1. The van der Waals surface area contributed by atoms with Crippen LogP contribution in [0.2, 0.25) is 0 Å². The van der Waals surface area contributed by atoms with Gasteiger partial charge in [0.25, 0.3) is 10.0 Å². The lowest BCUT2D eigenvalue weighted by Gasteiger charge is -2.32. The highest BCUT2D eigenvalue weighted by molar-refractivity contribution is 7.92. The summed E-state index contributed by atoms with van der Waals surface area (Å²) in [5.74, 6) is -0.416. The molecule has 42 heavy (non-hydrogen) atoms. The van der Waals surface area contributed by atoms with E-state index >= 15 is 0 Å². The van der Waals surface area contributed by atoms with Crippen molar-refractivity contribution in [3.05, 3.63) is 84.2 Å². The highest BCUT2D eigenvalue weighted by Gasteiger charge is 2.33. The Hall–Kier alpha value is -4.12. The van der Waals surface area contributed by atoms with Crippen molar-refractivity contribution in [2.45, 2.75) is 57.6 Å². The molecule has 2 amide bonds. The maximum atomic E-state index is 14.0. The number of hydrogen-bond donors (Lipinski definition) is 1. The molecule has 1 N–H and O–H groups in total. The number of ether oxygens (including phenoxy) is 2. The lowest BCUT2D eigenvalue weighted by atomic mass is 10.1. The van der Waals surface area contributed by atoms with E-state index in [2.05, 4.69) is 5.32 Å². The van der Waals surface area contributed by atoms with Gasteiger partial charge in [-0.3, -0.25) is 13.9 Å². The molecule has 0 radical (unpaired) electrons. The number of amides is 2. The van der Waals surface area contributed by atoms with E-state index in [0.717, 1.165) is 22.0 Å². The summed E-state index contributed by atoms with van der Waals surface area (Å²) < 4.78 is 53.1. The average Bonchev–Trinajstić information content (AvgIpc) is 2.99. The second-order valence-electron chi connectivity index (χ2n) is 9.76. The number of carbonyl (C=O) groups is 2. The molecule has 0 spiro atoms. The van der Waals surface area contributed by atoms with Gasteiger partial charge in [0.15, 0.2) is 0 Å². The van der Waals surface area contributed by atoms with Crippen LogP contribution in [-0.2, 0) is 26.2 Å². The molecule has 3 aromatic rings. The highest BCUT2D eigenvalue weighted by Crippen LogP contribution is 2.26. The van der Waals surface area contributed by atoms with Crippen molar-refractivity contribution in [1.29, 1.82) is 0 Å². The van der Waals surface area contributed by atoms with Gasteiger partial charge < -0.3 is 19.7 Å². The summed E-state index contributed by atoms with van der Waals surface area (Å²) in [7, 11) is -2.74. The molecule has 2 atom stereocenters. The predicted octanol–water partition coefficient (Wildman–Crippen LogP) is 4.76. The molecule has 0 aliphatic carbocycles. The van der Waals surface area contributed by atoms with Crippen molar-refractivity contribution in [3.8, 4) is 11.5 Å². The predicted molar refractivity (Wildman–Crippen MR) is 159 cm³/mol. The lowest BCUT2D eigenvalue weighted by molar-refractivity contribution is -0.139. The molecule has 0 saturated heterocycles. The fraction of sp³-hybridized carbons (Fsp3) is 0.355. The molecule has 0 aliphatic rings. The van der Waals surface area contributed by atoms with Crippen LogP contribution in [0, 0.1) is 5.82 Å². The standard InChI is InChI=1S/C31H38FN3O6S/c1-6-22(3)33-31(37)23(4)34(20-24-8-14-27(40-5)15-9-24)30(36)21-35(26-12-10-25(32)11-13-26)42(38,39)29-18-16-28(17-19-29)41-7-2/h8-19,22-23H,6-7,20-21H2,1-5H3,(H,33,37)/t22-,23-/m0/s1. The van der Waals surface area contributed by atoms with Gasteiger partial charge in [-0.05, 0) is 93.4 Å². The smallest absolute Gasteiger partial charge is 0.264 e. The monoisotopic (exact) mass is 599 g/mol. The number of rotatable bonds is 14. The number of methoxy groups -OCH3 is 1. The number of benzene rings is 3. The van der Waals surface area contributed by atoms with E-state index < -0.39 is 34.3 Å². The second-order valence-corrected chi connectivity index (χ2v) is 11.6. The van der Waals surface area contributed by atoms with Crippen molar-refractivity contribution in [1.82, 2.24) is 10.2 Å². The van der Waals surface area contributed by atoms with Crippen molar-refractivity contribution in [3.63, 3.8) is 0 Å². The Labute approximate surface area is 247 Å². The van der Waals surface area contributed by atoms with E-state index in [-0.39, 0.29) is 29.1 Å². The number of halogens is 1. The Morgan fingerprint density at radius 3 is 2.05 bits per heavy atom. The van der Waals surface area contributed by atoms with Gasteiger partial charge >= 0.3 is 0 Å². The minimum absolute atomic E-state index is 0.0400. The summed E-state index contributed by atoms with van der Waals surface area (Å²) in [6.07, 6.45) is 0.698. The van der Waals surface area contributed by atoms with Gasteiger partial charge in [-0.2, -0.15) is 0 Å². The zero-order valence-corrected chi connectivity index (χ0v) is 25.4. The Kier molecular flexibility index (Phi) is 11.3. The van der Waals surface area contributed by atoms with Crippen LogP contribution in [0.1, 0.15) is 39.7 Å². The van der Waals surface area contributed by atoms with Gasteiger partial charge in [-0.1, -0.05) is 19.1 Å². The third-order valence-electron chi connectivity index (χ3n) is 6.80. The summed E-state index contributed by atoms with van der Waals surface area (Å²) in [5.41, 5.74) is 0.815. The van der Waals surface area contributed by atoms with Gasteiger partial charge in [0.1, 0.15) is 29.9 Å². The summed E-state index contributed by atoms with van der Waals surface area (Å²) in [6.45, 7) is 7.03. The van der Waals surface area contributed by atoms with E-state index in [1.54, 1.807) is 38.3 Å². The van der Waals surface area contributed by atoms with Crippen LogP contribution in [0.25, 0.3) is 0 Å². The Bertz CT molecular complexity index is 1430. The number of carbonyl (C=O) groups excluding carboxylic acids is 2. The highest BCUT2D eigenvalue weighted by atomic mass is 32.2. The molecule has 0 unspecified atom stereocenters. The van der Waals surface area contributed by atoms with Crippen LogP contribution in [0.3, 0.4) is 0 Å². The van der Waals surface area contributed by atoms with Gasteiger partial charge in [0, 0.05) is 12.6 Å². The van der Waals surface area contributed by atoms with Crippen molar-refractivity contribution in [2.24, 2.45) is 0 Å². The molecule has 3 rings (SSSR count). The average molecular weight is 600 g/mol. The van der Waals surface area contributed by atoms with Crippen LogP contribution >= 0.6 is 0 Å². The number of sulfonamides is 1. The summed E-state index contributed by atoms with van der Waals surface area (Å²) in [5, 5.41) is 2.89. The molecule has 0 bridgehead atoms. The van der Waals surface area contributed by atoms with Crippen LogP contribution in [0.5, 0.6) is 11.5 Å². The maximum absolute atomic E-state index is 14.0. The molecule has 0 aromatic heterocycles. The van der Waals surface area contributed by atoms with Crippen LogP contribution in [0.4, 0.5) is 10.1 Å². The maximum Gasteiger partial charge on any atom is 0.264 e. The van der Waals surface area contributed by atoms with Gasteiger partial charge in [-0.25, -0.2) is 12.8 Å². The first kappa shape index (κ1) is 32.4. The number of nitrogens with one attached hydrogen (secondary N) is 1. The molecule has 0 aliphatic heterocycles. The third kappa shape index (κ3) is 8.22. The van der Waals surface area contributed by atoms with Crippen molar-refractivity contribution >= 4 is 27.5 Å². The van der Waals surface area contributed by atoms with Gasteiger partial charge in [0.2, 0.25) is 11.8 Å². The van der Waals surface area contributed by atoms with E-state index in [4.69, 9.17) is 9.47 Å². The van der Waals surface area contributed by atoms with E-state index in [0.29, 0.717) is 24.5 Å². The molecule has 0 heterocycles. The first-order valence-electron chi connectivity index (χ1n) is 13.7. The number of anilines is 1. The fourth-order valence-corrected chi connectivity index (χ4v) is 5.53. The van der Waals surface area contributed by atoms with Crippen LogP contribution in [-0.4, -0.2) is 57.5 Å². The van der Waals surface area contributed by atoms with Crippen molar-refractivity contribution in [2.75, 3.05) is 24.6 Å². The number of nitrogens with zero attached hydrogens (tertiary/aromatic N) is 2. The lowest BCUT2D eigenvalue weighted by Crippen LogP contribution is -2.52. The Balaban J connectivity index is 2.01. The third-order valence-corrected chi connectivity index (χ3v) is 8.58. The molecule has 9 nitrogen and oxygen atoms in total. The number of hydrogen-bond acceptors (Lipinski definition) is 6. The van der Waals surface area contributed by atoms with E-state index in [1.165, 1.54) is 41.3 Å². The largest absolute Gasteiger partial charge is 0.497 e. The summed E-state index contributed by atoms with van der Waals surface area (Å²) in [4.78, 5) is 28.4. The van der Waals surface area contributed by atoms with Crippen molar-refractivity contribution < 1.29 is 31.9 Å². The molecule has 3 aromatic carbocycles. The van der Waals surface area contributed by atoms with Gasteiger partial charge in [-0.15, -0.1) is 0 Å². The zero-order chi connectivity index (χ0) is 30.9. The quantitative estimate of drug-likeness (QED) is 0.287. The normalized spacial score (nSPS) is 12.6. The molecular formula is C31H38FN3O6S. The molecule has 226 valence electrons. The first-order valence-corrected chi connectivity index (χ1v) is 15.2.